The molecule has 0 aliphatic carbocycles. The normalized spacial score (nSPS) is 10.2. The standard InChI is InChI=1S/C11H14N4O2/c1-15-11(13-7-14-15)6-17-10-5-8(12)3-4-9(10)16-2/h3-5,7H,6,12H2,1-2H3. The van der Waals surface area contributed by atoms with Gasteiger partial charge in [-0.1, -0.05) is 0 Å². The number of nitrogens with two attached hydrogens (primary N) is 1. The molecule has 0 aliphatic rings. The minimum atomic E-state index is 0.316. The van der Waals surface area contributed by atoms with Gasteiger partial charge in [-0.3, -0.25) is 4.68 Å². The van der Waals surface area contributed by atoms with Crippen molar-refractivity contribution in [3.05, 3.63) is 30.4 Å². The van der Waals surface area contributed by atoms with Gasteiger partial charge >= 0.3 is 0 Å². The number of hydrogen-bond donors (Lipinski definition) is 1. The van der Waals surface area contributed by atoms with Crippen molar-refractivity contribution in [2.75, 3.05) is 12.8 Å². The molecule has 1 heterocycles. The van der Waals surface area contributed by atoms with E-state index in [9.17, 15) is 0 Å². The van der Waals surface area contributed by atoms with Gasteiger partial charge in [-0.15, -0.1) is 0 Å². The maximum absolute atomic E-state index is 5.69. The number of hydrogen-bond acceptors (Lipinski definition) is 5. The average molecular weight is 234 g/mol. The van der Waals surface area contributed by atoms with Crippen LogP contribution in [0.25, 0.3) is 0 Å². The maximum atomic E-state index is 5.69. The number of ether oxygens (including phenoxy) is 2. The largest absolute Gasteiger partial charge is 0.493 e. The van der Waals surface area contributed by atoms with Crippen molar-refractivity contribution in [2.24, 2.45) is 7.05 Å². The number of aryl methyl sites for hydroxylation is 1. The fraction of sp³-hybridized carbons (Fsp3) is 0.273. The summed E-state index contributed by atoms with van der Waals surface area (Å²) in [7, 11) is 3.39. The van der Waals surface area contributed by atoms with E-state index in [1.165, 1.54) is 6.33 Å². The Labute approximate surface area is 99.0 Å². The summed E-state index contributed by atoms with van der Waals surface area (Å²) in [5, 5.41) is 3.96. The Hall–Kier alpha value is -2.24. The summed E-state index contributed by atoms with van der Waals surface area (Å²) in [5.41, 5.74) is 6.32. The number of rotatable bonds is 4. The molecule has 1 aromatic carbocycles. The summed E-state index contributed by atoms with van der Waals surface area (Å²) < 4.78 is 12.4. The molecule has 2 rings (SSSR count). The number of anilines is 1. The molecule has 1 aromatic heterocycles. The topological polar surface area (TPSA) is 75.2 Å². The second-order valence-electron chi connectivity index (χ2n) is 3.50. The summed E-state index contributed by atoms with van der Waals surface area (Å²) >= 11 is 0. The average Bonchev–Trinajstić information content (AvgIpc) is 2.72. The first-order valence-corrected chi connectivity index (χ1v) is 5.10. The van der Waals surface area contributed by atoms with Crippen LogP contribution in [0.4, 0.5) is 5.69 Å². The van der Waals surface area contributed by atoms with E-state index in [0.717, 1.165) is 5.82 Å². The van der Waals surface area contributed by atoms with Gasteiger partial charge in [0, 0.05) is 18.8 Å². The van der Waals surface area contributed by atoms with Gasteiger partial charge in [0.15, 0.2) is 17.3 Å². The van der Waals surface area contributed by atoms with Crippen LogP contribution in [0.15, 0.2) is 24.5 Å². The van der Waals surface area contributed by atoms with Crippen LogP contribution in [0.1, 0.15) is 5.82 Å². The highest BCUT2D eigenvalue weighted by Crippen LogP contribution is 2.29. The third-order valence-corrected chi connectivity index (χ3v) is 2.35. The smallest absolute Gasteiger partial charge is 0.164 e. The summed E-state index contributed by atoms with van der Waals surface area (Å²) in [6.45, 7) is 0.316. The molecule has 6 nitrogen and oxygen atoms in total. The molecule has 0 saturated carbocycles. The number of methoxy groups -OCH3 is 1. The second kappa shape index (κ2) is 4.73. The van der Waals surface area contributed by atoms with E-state index >= 15 is 0 Å². The lowest BCUT2D eigenvalue weighted by Gasteiger charge is -2.10. The zero-order valence-corrected chi connectivity index (χ0v) is 9.75. The van der Waals surface area contributed by atoms with Crippen LogP contribution in [-0.2, 0) is 13.7 Å². The first kappa shape index (κ1) is 11.3. The van der Waals surface area contributed by atoms with Crippen molar-refractivity contribution < 1.29 is 9.47 Å². The molecule has 0 radical (unpaired) electrons. The number of aromatic nitrogens is 3. The fourth-order valence-electron chi connectivity index (χ4n) is 1.40. The lowest BCUT2D eigenvalue weighted by molar-refractivity contribution is 0.272. The van der Waals surface area contributed by atoms with Crippen molar-refractivity contribution >= 4 is 5.69 Å². The molecular weight excluding hydrogens is 220 g/mol. The van der Waals surface area contributed by atoms with E-state index in [2.05, 4.69) is 10.1 Å². The Morgan fingerprint density at radius 2 is 2.18 bits per heavy atom. The minimum Gasteiger partial charge on any atom is -0.493 e. The summed E-state index contributed by atoms with van der Waals surface area (Å²) in [5.74, 6) is 1.96. The first-order chi connectivity index (χ1) is 8.20. The van der Waals surface area contributed by atoms with Crippen molar-refractivity contribution in [2.45, 2.75) is 6.61 Å². The first-order valence-electron chi connectivity index (χ1n) is 5.10. The Kier molecular flexibility index (Phi) is 3.13. The SMILES string of the molecule is COc1ccc(N)cc1OCc1ncnn1C. The molecule has 0 aliphatic heterocycles. The van der Waals surface area contributed by atoms with Crippen LogP contribution in [0.2, 0.25) is 0 Å². The quantitative estimate of drug-likeness (QED) is 0.798. The number of nitrogen functional groups attached to an aromatic ring is 1. The van der Waals surface area contributed by atoms with Gasteiger partial charge in [-0.05, 0) is 12.1 Å². The number of nitrogens with zero attached hydrogens (tertiary/aromatic N) is 3. The molecule has 0 atom stereocenters. The van der Waals surface area contributed by atoms with Gasteiger partial charge in [0.2, 0.25) is 0 Å². The van der Waals surface area contributed by atoms with Gasteiger partial charge in [0.25, 0.3) is 0 Å². The monoisotopic (exact) mass is 234 g/mol. The summed E-state index contributed by atoms with van der Waals surface area (Å²) in [6, 6.07) is 5.24. The predicted molar refractivity (Wildman–Crippen MR) is 62.7 cm³/mol. The maximum Gasteiger partial charge on any atom is 0.164 e. The highest BCUT2D eigenvalue weighted by atomic mass is 16.5. The molecule has 17 heavy (non-hydrogen) atoms. The third-order valence-electron chi connectivity index (χ3n) is 2.35. The molecule has 0 saturated heterocycles. The van der Waals surface area contributed by atoms with E-state index < -0.39 is 0 Å². The van der Waals surface area contributed by atoms with E-state index in [4.69, 9.17) is 15.2 Å². The molecule has 90 valence electrons. The van der Waals surface area contributed by atoms with Gasteiger partial charge in [0.1, 0.15) is 12.9 Å². The Bertz CT molecular complexity index is 510. The molecule has 2 N–H and O–H groups in total. The van der Waals surface area contributed by atoms with Crippen molar-refractivity contribution in [3.8, 4) is 11.5 Å². The van der Waals surface area contributed by atoms with Crippen LogP contribution in [0.5, 0.6) is 11.5 Å². The second-order valence-corrected chi connectivity index (χ2v) is 3.50. The summed E-state index contributed by atoms with van der Waals surface area (Å²) in [4.78, 5) is 4.06. The summed E-state index contributed by atoms with van der Waals surface area (Å²) in [6.07, 6.45) is 1.48. The highest BCUT2D eigenvalue weighted by molar-refractivity contribution is 5.51. The fourth-order valence-corrected chi connectivity index (χ4v) is 1.40. The number of benzene rings is 1. The lowest BCUT2D eigenvalue weighted by atomic mass is 10.3. The molecule has 0 fully saturated rings. The van der Waals surface area contributed by atoms with Crippen LogP contribution < -0.4 is 15.2 Å². The van der Waals surface area contributed by atoms with Gasteiger partial charge < -0.3 is 15.2 Å². The molecule has 0 amide bonds. The molecular formula is C11H14N4O2. The zero-order valence-electron chi connectivity index (χ0n) is 9.75. The molecule has 0 unspecified atom stereocenters. The zero-order chi connectivity index (χ0) is 12.3. The van der Waals surface area contributed by atoms with Crippen molar-refractivity contribution in [3.63, 3.8) is 0 Å². The molecule has 0 spiro atoms. The van der Waals surface area contributed by atoms with Crippen LogP contribution >= 0.6 is 0 Å². The minimum absolute atomic E-state index is 0.316. The Morgan fingerprint density at radius 1 is 1.35 bits per heavy atom. The van der Waals surface area contributed by atoms with E-state index in [1.807, 2.05) is 7.05 Å². The third kappa shape index (κ3) is 2.47. The van der Waals surface area contributed by atoms with Gasteiger partial charge in [-0.2, -0.15) is 5.10 Å². The van der Waals surface area contributed by atoms with Crippen LogP contribution in [0, 0.1) is 0 Å². The molecule has 0 bridgehead atoms. The molecule has 6 heteroatoms. The van der Waals surface area contributed by atoms with E-state index in [0.29, 0.717) is 23.8 Å². The van der Waals surface area contributed by atoms with E-state index in [-0.39, 0.29) is 0 Å². The Balaban J connectivity index is 2.13. The van der Waals surface area contributed by atoms with Crippen molar-refractivity contribution in [1.29, 1.82) is 0 Å². The van der Waals surface area contributed by atoms with Crippen LogP contribution in [-0.4, -0.2) is 21.9 Å². The van der Waals surface area contributed by atoms with Gasteiger partial charge in [-0.25, -0.2) is 4.98 Å². The lowest BCUT2D eigenvalue weighted by Crippen LogP contribution is -2.05. The Morgan fingerprint density at radius 3 is 2.82 bits per heavy atom. The van der Waals surface area contributed by atoms with Crippen molar-refractivity contribution in [1.82, 2.24) is 14.8 Å². The molecule has 2 aromatic rings. The van der Waals surface area contributed by atoms with E-state index in [1.54, 1.807) is 30.0 Å². The van der Waals surface area contributed by atoms with Gasteiger partial charge in [0.05, 0.1) is 7.11 Å². The highest BCUT2D eigenvalue weighted by Gasteiger charge is 2.07. The van der Waals surface area contributed by atoms with Crippen LogP contribution in [0.3, 0.4) is 0 Å². The predicted octanol–water partition coefficient (Wildman–Crippen LogP) is 0.985.